The number of anilines is 1. The Labute approximate surface area is 112 Å². The number of nitrogens with two attached hydrogens (primary N) is 1. The lowest BCUT2D eigenvalue weighted by Crippen LogP contribution is -2.09. The number of alkyl halides is 3. The summed E-state index contributed by atoms with van der Waals surface area (Å²) in [6.45, 7) is 0. The second-order valence-electron chi connectivity index (χ2n) is 3.86. The topological polar surface area (TPSA) is 70.5 Å². The highest BCUT2D eigenvalue weighted by molar-refractivity contribution is 5.79. The summed E-state index contributed by atoms with van der Waals surface area (Å²) in [6.07, 6.45) is -3.38. The quantitative estimate of drug-likeness (QED) is 0.940. The van der Waals surface area contributed by atoms with Gasteiger partial charge in [-0.25, -0.2) is 0 Å². The fourth-order valence-corrected chi connectivity index (χ4v) is 1.80. The molecule has 0 fully saturated rings. The predicted octanol–water partition coefficient (Wildman–Crippen LogP) is 2.96. The molecule has 0 aliphatic heterocycles. The first kappa shape index (κ1) is 14.0. The molecular formula is C12H11F3N2O3. The van der Waals surface area contributed by atoms with Crippen LogP contribution in [-0.2, 0) is 6.18 Å². The lowest BCUT2D eigenvalue weighted by atomic mass is 10.0. The molecule has 0 spiro atoms. The summed E-state index contributed by atoms with van der Waals surface area (Å²) >= 11 is 0. The first-order chi connectivity index (χ1) is 9.38. The number of benzene rings is 1. The van der Waals surface area contributed by atoms with E-state index in [1.807, 2.05) is 0 Å². The van der Waals surface area contributed by atoms with Gasteiger partial charge >= 0.3 is 6.18 Å². The van der Waals surface area contributed by atoms with Crippen LogP contribution in [0.1, 0.15) is 5.56 Å². The van der Waals surface area contributed by atoms with Gasteiger partial charge in [-0.15, -0.1) is 0 Å². The van der Waals surface area contributed by atoms with Gasteiger partial charge in [0.05, 0.1) is 26.0 Å². The Morgan fingerprint density at radius 1 is 1.15 bits per heavy atom. The van der Waals surface area contributed by atoms with Crippen molar-refractivity contribution in [1.29, 1.82) is 0 Å². The fourth-order valence-electron chi connectivity index (χ4n) is 1.80. The molecule has 5 nitrogen and oxygen atoms in total. The first-order valence-electron chi connectivity index (χ1n) is 5.42. The molecule has 8 heteroatoms. The molecule has 2 rings (SSSR count). The van der Waals surface area contributed by atoms with Crippen LogP contribution in [0.25, 0.3) is 11.1 Å². The largest absolute Gasteiger partial charge is 0.497 e. The molecule has 0 saturated heterocycles. The third kappa shape index (κ3) is 2.36. The fraction of sp³-hybridized carbons (Fsp3) is 0.250. The van der Waals surface area contributed by atoms with Gasteiger partial charge in [0.25, 0.3) is 0 Å². The van der Waals surface area contributed by atoms with Crippen LogP contribution >= 0.6 is 0 Å². The number of hydrogen-bond donors (Lipinski definition) is 1. The molecule has 0 aliphatic carbocycles. The van der Waals surface area contributed by atoms with Crippen molar-refractivity contribution in [3.63, 3.8) is 0 Å². The van der Waals surface area contributed by atoms with Gasteiger partial charge in [0.2, 0.25) is 5.88 Å². The van der Waals surface area contributed by atoms with Crippen LogP contribution in [0.4, 0.5) is 19.1 Å². The Morgan fingerprint density at radius 3 is 2.30 bits per heavy atom. The van der Waals surface area contributed by atoms with Crippen LogP contribution in [-0.4, -0.2) is 19.4 Å². The Bertz CT molecular complexity index is 623. The molecular weight excluding hydrogens is 277 g/mol. The van der Waals surface area contributed by atoms with Crippen molar-refractivity contribution in [3.8, 4) is 22.6 Å². The summed E-state index contributed by atoms with van der Waals surface area (Å²) < 4.78 is 53.6. The lowest BCUT2D eigenvalue weighted by molar-refractivity contribution is -0.138. The van der Waals surface area contributed by atoms with Gasteiger partial charge in [-0.05, 0) is 12.1 Å². The number of hydrogen-bond acceptors (Lipinski definition) is 5. The van der Waals surface area contributed by atoms with Gasteiger partial charge in [-0.1, -0.05) is 5.16 Å². The summed E-state index contributed by atoms with van der Waals surface area (Å²) in [4.78, 5) is 0. The van der Waals surface area contributed by atoms with Gasteiger partial charge < -0.3 is 19.7 Å². The smallest absolute Gasteiger partial charge is 0.420 e. The van der Waals surface area contributed by atoms with Gasteiger partial charge in [-0.2, -0.15) is 13.2 Å². The Morgan fingerprint density at radius 2 is 1.85 bits per heavy atom. The maximum atomic E-state index is 13.1. The number of aromatic nitrogens is 1. The second-order valence-corrected chi connectivity index (χ2v) is 3.86. The van der Waals surface area contributed by atoms with Crippen LogP contribution < -0.4 is 15.2 Å². The summed E-state index contributed by atoms with van der Waals surface area (Å²) in [7, 11) is 2.41. The van der Waals surface area contributed by atoms with Crippen molar-refractivity contribution in [2.45, 2.75) is 6.18 Å². The van der Waals surface area contributed by atoms with E-state index in [9.17, 15) is 13.2 Å². The molecule has 108 valence electrons. The van der Waals surface area contributed by atoms with E-state index in [1.54, 1.807) is 0 Å². The van der Waals surface area contributed by atoms with Crippen LogP contribution in [0.3, 0.4) is 0 Å². The van der Waals surface area contributed by atoms with Crippen LogP contribution in [0.5, 0.6) is 11.5 Å². The zero-order valence-electron chi connectivity index (χ0n) is 10.6. The van der Waals surface area contributed by atoms with Crippen LogP contribution in [0.15, 0.2) is 22.9 Å². The standard InChI is InChI=1S/C12H11F3N2O3/c1-18-6-3-7(8-5-17-20-11(8)16)10(19-2)9(4-6)12(13,14)15/h3-5H,16H2,1-2H3. The van der Waals surface area contributed by atoms with Crippen molar-refractivity contribution < 1.29 is 27.2 Å². The number of nitrogen functional groups attached to an aromatic ring is 1. The van der Waals surface area contributed by atoms with Crippen molar-refractivity contribution >= 4 is 5.88 Å². The number of methoxy groups -OCH3 is 2. The van der Waals surface area contributed by atoms with E-state index in [0.717, 1.165) is 13.2 Å². The van der Waals surface area contributed by atoms with E-state index in [2.05, 4.69) is 9.68 Å². The predicted molar refractivity (Wildman–Crippen MR) is 64.5 cm³/mol. The Balaban J connectivity index is 2.76. The number of nitrogens with zero attached hydrogens (tertiary/aromatic N) is 1. The summed E-state index contributed by atoms with van der Waals surface area (Å²) in [6, 6.07) is 2.23. The number of ether oxygens (including phenoxy) is 2. The monoisotopic (exact) mass is 288 g/mol. The average Bonchev–Trinajstić information content (AvgIpc) is 2.82. The first-order valence-corrected chi connectivity index (χ1v) is 5.42. The van der Waals surface area contributed by atoms with E-state index >= 15 is 0 Å². The molecule has 2 N–H and O–H groups in total. The van der Waals surface area contributed by atoms with E-state index < -0.39 is 11.7 Å². The third-order valence-electron chi connectivity index (χ3n) is 2.70. The average molecular weight is 288 g/mol. The maximum absolute atomic E-state index is 13.1. The third-order valence-corrected chi connectivity index (χ3v) is 2.70. The van der Waals surface area contributed by atoms with Crippen molar-refractivity contribution in [2.24, 2.45) is 0 Å². The van der Waals surface area contributed by atoms with E-state index in [0.29, 0.717) is 0 Å². The normalized spacial score (nSPS) is 11.4. The minimum absolute atomic E-state index is 0.0220. The van der Waals surface area contributed by atoms with Gasteiger partial charge in [0.1, 0.15) is 17.1 Å². The van der Waals surface area contributed by atoms with E-state index in [4.69, 9.17) is 15.2 Å². The molecule has 20 heavy (non-hydrogen) atoms. The highest BCUT2D eigenvalue weighted by Crippen LogP contribution is 2.45. The van der Waals surface area contributed by atoms with Crippen molar-refractivity contribution in [2.75, 3.05) is 20.0 Å². The minimum atomic E-state index is -4.60. The molecule has 0 unspecified atom stereocenters. The molecule has 0 radical (unpaired) electrons. The zero-order valence-corrected chi connectivity index (χ0v) is 10.6. The molecule has 0 amide bonds. The summed E-state index contributed by atoms with van der Waals surface area (Å²) in [5, 5.41) is 3.44. The molecule has 0 atom stereocenters. The van der Waals surface area contributed by atoms with Crippen molar-refractivity contribution in [3.05, 3.63) is 23.9 Å². The van der Waals surface area contributed by atoms with Crippen LogP contribution in [0.2, 0.25) is 0 Å². The van der Waals surface area contributed by atoms with Gasteiger partial charge in [0, 0.05) is 5.56 Å². The SMILES string of the molecule is COc1cc(-c2cnoc2N)c(OC)c(C(F)(F)F)c1. The summed E-state index contributed by atoms with van der Waals surface area (Å²) in [5.74, 6) is -0.452. The van der Waals surface area contributed by atoms with E-state index in [-0.39, 0.29) is 28.5 Å². The zero-order chi connectivity index (χ0) is 14.9. The number of halogens is 3. The molecule has 1 aromatic heterocycles. The minimum Gasteiger partial charge on any atom is -0.497 e. The molecule has 0 aliphatic rings. The Hall–Kier alpha value is -2.38. The molecule has 0 saturated carbocycles. The number of rotatable bonds is 3. The maximum Gasteiger partial charge on any atom is 0.420 e. The summed E-state index contributed by atoms with van der Waals surface area (Å²) in [5.41, 5.74) is 4.87. The Kier molecular flexibility index (Phi) is 3.47. The molecule has 1 aromatic carbocycles. The highest BCUT2D eigenvalue weighted by atomic mass is 19.4. The second kappa shape index (κ2) is 4.95. The van der Waals surface area contributed by atoms with Gasteiger partial charge in [0.15, 0.2) is 0 Å². The van der Waals surface area contributed by atoms with Crippen molar-refractivity contribution in [1.82, 2.24) is 5.16 Å². The molecule has 2 aromatic rings. The highest BCUT2D eigenvalue weighted by Gasteiger charge is 2.37. The van der Waals surface area contributed by atoms with E-state index in [1.165, 1.54) is 19.4 Å². The molecule has 0 bridgehead atoms. The van der Waals surface area contributed by atoms with Crippen LogP contribution in [0, 0.1) is 0 Å². The van der Waals surface area contributed by atoms with Gasteiger partial charge in [-0.3, -0.25) is 0 Å². The molecule has 1 heterocycles. The lowest BCUT2D eigenvalue weighted by Gasteiger charge is -2.16.